The first kappa shape index (κ1) is 14.4. The molecule has 0 fully saturated rings. The summed E-state index contributed by atoms with van der Waals surface area (Å²) < 4.78 is 78.7. The van der Waals surface area contributed by atoms with Gasteiger partial charge >= 0.3 is 12.7 Å². The minimum atomic E-state index is -5.08. The van der Waals surface area contributed by atoms with Crippen molar-refractivity contribution in [3.63, 3.8) is 0 Å². The maximum atomic E-state index is 12.0. The van der Waals surface area contributed by atoms with Gasteiger partial charge in [0.15, 0.2) is 0 Å². The Kier molecular flexibility index (Phi) is 3.95. The lowest BCUT2D eigenvalue weighted by molar-refractivity contribution is -0.277. The first-order valence-electron chi connectivity index (χ1n) is 4.36. The van der Waals surface area contributed by atoms with Crippen LogP contribution in [-0.4, -0.2) is 17.8 Å². The molecule has 0 aromatic heterocycles. The van der Waals surface area contributed by atoms with Crippen molar-refractivity contribution >= 4 is 0 Å². The van der Waals surface area contributed by atoms with Crippen molar-refractivity contribution in [1.29, 1.82) is 0 Å². The lowest BCUT2D eigenvalue weighted by atomic mass is 10.2. The standard InChI is InChI=1S/C9H6F6O3/c10-8(11,12)17-6-2-1-3-7(5(6)4-16)18-9(13,14)15/h1-3,16H,4H2. The average molecular weight is 276 g/mol. The predicted octanol–water partition coefficient (Wildman–Crippen LogP) is 2.98. The Bertz CT molecular complexity index is 377. The van der Waals surface area contributed by atoms with E-state index >= 15 is 0 Å². The van der Waals surface area contributed by atoms with E-state index in [2.05, 4.69) is 9.47 Å². The maximum absolute atomic E-state index is 12.0. The van der Waals surface area contributed by atoms with Crippen molar-refractivity contribution in [2.45, 2.75) is 19.3 Å². The zero-order chi connectivity index (χ0) is 14.0. The van der Waals surface area contributed by atoms with E-state index in [9.17, 15) is 26.3 Å². The topological polar surface area (TPSA) is 38.7 Å². The van der Waals surface area contributed by atoms with Crippen molar-refractivity contribution in [1.82, 2.24) is 0 Å². The number of rotatable bonds is 3. The molecule has 1 N–H and O–H groups in total. The van der Waals surface area contributed by atoms with Crippen LogP contribution in [0.15, 0.2) is 18.2 Å². The lowest BCUT2D eigenvalue weighted by Gasteiger charge is -2.16. The van der Waals surface area contributed by atoms with Crippen molar-refractivity contribution in [3.8, 4) is 11.5 Å². The first-order valence-corrected chi connectivity index (χ1v) is 4.36. The fourth-order valence-corrected chi connectivity index (χ4v) is 1.14. The van der Waals surface area contributed by atoms with Gasteiger partial charge in [0.1, 0.15) is 11.5 Å². The molecule has 18 heavy (non-hydrogen) atoms. The van der Waals surface area contributed by atoms with Crippen LogP contribution in [0.5, 0.6) is 11.5 Å². The molecule has 0 bridgehead atoms. The quantitative estimate of drug-likeness (QED) is 0.862. The summed E-state index contributed by atoms with van der Waals surface area (Å²) in [4.78, 5) is 0. The number of benzene rings is 1. The molecule has 0 aliphatic heterocycles. The van der Waals surface area contributed by atoms with Gasteiger partial charge in [0.05, 0.1) is 12.2 Å². The summed E-state index contributed by atoms with van der Waals surface area (Å²) in [6.07, 6.45) is -10.2. The van der Waals surface area contributed by atoms with Crippen molar-refractivity contribution in [3.05, 3.63) is 23.8 Å². The Morgan fingerprint density at radius 2 is 1.28 bits per heavy atom. The highest BCUT2D eigenvalue weighted by molar-refractivity contribution is 5.44. The summed E-state index contributed by atoms with van der Waals surface area (Å²) in [5, 5.41) is 8.80. The van der Waals surface area contributed by atoms with Gasteiger partial charge in [-0.15, -0.1) is 26.3 Å². The van der Waals surface area contributed by atoms with Gasteiger partial charge < -0.3 is 14.6 Å². The van der Waals surface area contributed by atoms with E-state index in [0.717, 1.165) is 18.2 Å². The monoisotopic (exact) mass is 276 g/mol. The van der Waals surface area contributed by atoms with E-state index in [0.29, 0.717) is 0 Å². The number of hydrogen-bond donors (Lipinski definition) is 1. The molecule has 0 aliphatic carbocycles. The molecule has 0 radical (unpaired) electrons. The summed E-state index contributed by atoms with van der Waals surface area (Å²) in [5.41, 5.74) is -0.743. The molecule has 0 atom stereocenters. The smallest absolute Gasteiger partial charge is 0.405 e. The van der Waals surface area contributed by atoms with Crippen LogP contribution in [0.3, 0.4) is 0 Å². The van der Waals surface area contributed by atoms with Crippen LogP contribution in [0.4, 0.5) is 26.3 Å². The van der Waals surface area contributed by atoms with E-state index in [1.807, 2.05) is 0 Å². The van der Waals surface area contributed by atoms with Gasteiger partial charge in [0.25, 0.3) is 0 Å². The Morgan fingerprint density at radius 3 is 1.56 bits per heavy atom. The summed E-state index contributed by atoms with van der Waals surface area (Å²) >= 11 is 0. The van der Waals surface area contributed by atoms with Crippen LogP contribution in [-0.2, 0) is 6.61 Å². The van der Waals surface area contributed by atoms with Crippen molar-refractivity contribution in [2.24, 2.45) is 0 Å². The van der Waals surface area contributed by atoms with Crippen LogP contribution in [0.1, 0.15) is 5.56 Å². The third-order valence-corrected chi connectivity index (χ3v) is 1.70. The highest BCUT2D eigenvalue weighted by Crippen LogP contribution is 2.35. The van der Waals surface area contributed by atoms with Gasteiger partial charge in [-0.25, -0.2) is 0 Å². The normalized spacial score (nSPS) is 12.4. The number of aliphatic hydroxyl groups is 1. The molecule has 0 unspecified atom stereocenters. The van der Waals surface area contributed by atoms with Gasteiger partial charge in [-0.1, -0.05) is 6.07 Å². The minimum absolute atomic E-state index is 0.743. The highest BCUT2D eigenvalue weighted by atomic mass is 19.4. The predicted molar refractivity (Wildman–Crippen MR) is 45.7 cm³/mol. The summed E-state index contributed by atoms with van der Waals surface area (Å²) in [7, 11) is 0. The van der Waals surface area contributed by atoms with Crippen LogP contribution in [0.25, 0.3) is 0 Å². The molecule has 1 rings (SSSR count). The Morgan fingerprint density at radius 1 is 0.889 bits per heavy atom. The molecule has 0 spiro atoms. The molecule has 0 aliphatic rings. The second kappa shape index (κ2) is 4.92. The Labute approximate surface area is 96.5 Å². The Hall–Kier alpha value is -1.64. The largest absolute Gasteiger partial charge is 0.573 e. The zero-order valence-corrected chi connectivity index (χ0v) is 8.47. The fraction of sp³-hybridized carbons (Fsp3) is 0.333. The number of ether oxygens (including phenoxy) is 2. The molecule has 9 heteroatoms. The maximum Gasteiger partial charge on any atom is 0.573 e. The van der Waals surface area contributed by atoms with Crippen LogP contribution >= 0.6 is 0 Å². The summed E-state index contributed by atoms with van der Waals surface area (Å²) in [5.74, 6) is -1.90. The molecule has 0 saturated heterocycles. The highest BCUT2D eigenvalue weighted by Gasteiger charge is 2.35. The van der Waals surface area contributed by atoms with Crippen LogP contribution in [0.2, 0.25) is 0 Å². The van der Waals surface area contributed by atoms with Gasteiger partial charge in [-0.2, -0.15) is 0 Å². The molecule has 0 amide bonds. The minimum Gasteiger partial charge on any atom is -0.405 e. The summed E-state index contributed by atoms with van der Waals surface area (Å²) in [6.45, 7) is -1.10. The number of aliphatic hydroxyl groups excluding tert-OH is 1. The van der Waals surface area contributed by atoms with Crippen molar-refractivity contribution < 1.29 is 40.9 Å². The third-order valence-electron chi connectivity index (χ3n) is 1.70. The Balaban J connectivity index is 3.10. The number of hydrogen-bond acceptors (Lipinski definition) is 3. The molecule has 1 aromatic carbocycles. The number of halogens is 6. The third kappa shape index (κ3) is 4.32. The second-order valence-corrected chi connectivity index (χ2v) is 2.99. The molecule has 3 nitrogen and oxygen atoms in total. The van der Waals surface area contributed by atoms with Gasteiger partial charge in [0, 0.05) is 0 Å². The van der Waals surface area contributed by atoms with Crippen LogP contribution < -0.4 is 9.47 Å². The van der Waals surface area contributed by atoms with Gasteiger partial charge in [-0.05, 0) is 12.1 Å². The number of alkyl halides is 6. The van der Waals surface area contributed by atoms with E-state index in [1.54, 1.807) is 0 Å². The molecular weight excluding hydrogens is 270 g/mol. The van der Waals surface area contributed by atoms with E-state index in [1.165, 1.54) is 0 Å². The molecule has 102 valence electrons. The summed E-state index contributed by atoms with van der Waals surface area (Å²) in [6, 6.07) is 2.41. The van der Waals surface area contributed by atoms with E-state index in [-0.39, 0.29) is 0 Å². The molecular formula is C9H6F6O3. The van der Waals surface area contributed by atoms with Gasteiger partial charge in [0.2, 0.25) is 0 Å². The SMILES string of the molecule is OCc1c(OC(F)(F)F)cccc1OC(F)(F)F. The second-order valence-electron chi connectivity index (χ2n) is 2.99. The molecule has 0 saturated carbocycles. The zero-order valence-electron chi connectivity index (χ0n) is 8.47. The van der Waals surface area contributed by atoms with Crippen molar-refractivity contribution in [2.75, 3.05) is 0 Å². The fourth-order valence-electron chi connectivity index (χ4n) is 1.14. The van der Waals surface area contributed by atoms with E-state index in [4.69, 9.17) is 5.11 Å². The average Bonchev–Trinajstić information content (AvgIpc) is 2.12. The van der Waals surface area contributed by atoms with Crippen LogP contribution in [0, 0.1) is 0 Å². The molecule has 1 aromatic rings. The lowest BCUT2D eigenvalue weighted by Crippen LogP contribution is -2.20. The van der Waals surface area contributed by atoms with Gasteiger partial charge in [-0.3, -0.25) is 0 Å². The van der Waals surface area contributed by atoms with E-state index < -0.39 is 36.4 Å². The molecule has 0 heterocycles. The first-order chi connectivity index (χ1) is 8.12.